The van der Waals surface area contributed by atoms with Crippen LogP contribution in [0.2, 0.25) is 0 Å². The van der Waals surface area contributed by atoms with E-state index in [0.29, 0.717) is 5.92 Å². The van der Waals surface area contributed by atoms with E-state index in [1.54, 1.807) is 0 Å². The molecule has 0 spiro atoms. The first kappa shape index (κ1) is 11.5. The van der Waals surface area contributed by atoms with Crippen molar-refractivity contribution >= 4 is 0 Å². The zero-order valence-electron chi connectivity index (χ0n) is 8.71. The molecule has 3 nitrogen and oxygen atoms in total. The van der Waals surface area contributed by atoms with E-state index >= 15 is 0 Å². The van der Waals surface area contributed by atoms with E-state index in [1.165, 1.54) is 32.1 Å². The molecule has 14 heavy (non-hydrogen) atoms. The monoisotopic (exact) mass is 196 g/mol. The summed E-state index contributed by atoms with van der Waals surface area (Å²) in [6, 6.07) is 2.34. The lowest BCUT2D eigenvalue weighted by Crippen LogP contribution is -2.36. The molecule has 80 valence electrons. The van der Waals surface area contributed by atoms with Crippen molar-refractivity contribution < 1.29 is 5.11 Å². The van der Waals surface area contributed by atoms with Gasteiger partial charge in [0.05, 0.1) is 12.1 Å². The Labute approximate surface area is 86.1 Å². The zero-order chi connectivity index (χ0) is 10.2. The lowest BCUT2D eigenvalue weighted by atomic mass is 9.84. The van der Waals surface area contributed by atoms with E-state index < -0.39 is 0 Å². The number of aliphatic hydroxyl groups is 1. The predicted octanol–water partition coefficient (Wildman–Crippen LogP) is 1.43. The summed E-state index contributed by atoms with van der Waals surface area (Å²) in [6.07, 6.45) is 6.97. The average Bonchev–Trinajstić information content (AvgIpc) is 2.26. The summed E-state index contributed by atoms with van der Waals surface area (Å²) in [4.78, 5) is 0. The largest absolute Gasteiger partial charge is 0.396 e. The van der Waals surface area contributed by atoms with Gasteiger partial charge in [-0.2, -0.15) is 5.26 Å². The van der Waals surface area contributed by atoms with Crippen molar-refractivity contribution in [1.29, 1.82) is 5.26 Å². The third kappa shape index (κ3) is 3.65. The number of aliphatic hydroxyl groups excluding tert-OH is 1. The molecule has 0 aliphatic heterocycles. The molecule has 0 saturated heterocycles. The molecular formula is C11H20N2O. The van der Waals surface area contributed by atoms with Crippen LogP contribution in [0.15, 0.2) is 0 Å². The van der Waals surface area contributed by atoms with E-state index in [2.05, 4.69) is 11.4 Å². The predicted molar refractivity (Wildman–Crippen MR) is 55.7 cm³/mol. The molecule has 1 fully saturated rings. The summed E-state index contributed by atoms with van der Waals surface area (Å²) in [5.41, 5.74) is 0. The molecule has 1 rings (SSSR count). The summed E-state index contributed by atoms with van der Waals surface area (Å²) in [7, 11) is 0. The summed E-state index contributed by atoms with van der Waals surface area (Å²) in [5.74, 6) is 0.535. The maximum Gasteiger partial charge on any atom is 0.0981 e. The topological polar surface area (TPSA) is 56.0 Å². The number of nitrogens with zero attached hydrogens (tertiary/aromatic N) is 1. The average molecular weight is 196 g/mol. The Hall–Kier alpha value is -0.590. The van der Waals surface area contributed by atoms with Crippen molar-refractivity contribution in [2.75, 3.05) is 13.2 Å². The van der Waals surface area contributed by atoms with Crippen LogP contribution in [0.5, 0.6) is 0 Å². The fourth-order valence-electron chi connectivity index (χ4n) is 2.12. The van der Waals surface area contributed by atoms with Gasteiger partial charge >= 0.3 is 0 Å². The molecule has 1 aliphatic carbocycles. The summed E-state index contributed by atoms with van der Waals surface area (Å²) in [5, 5.41) is 20.9. The molecule has 1 saturated carbocycles. The fraction of sp³-hybridized carbons (Fsp3) is 0.909. The smallest absolute Gasteiger partial charge is 0.0981 e. The number of rotatable bonds is 5. The maximum atomic E-state index is 9.00. The minimum atomic E-state index is 0.00171. The van der Waals surface area contributed by atoms with Crippen LogP contribution in [0.25, 0.3) is 0 Å². The second kappa shape index (κ2) is 6.80. The highest BCUT2D eigenvalue weighted by molar-refractivity contribution is 4.95. The second-order valence-corrected chi connectivity index (χ2v) is 4.04. The molecule has 0 heterocycles. The quantitative estimate of drug-likeness (QED) is 0.654. The number of nitriles is 1. The van der Waals surface area contributed by atoms with Crippen LogP contribution < -0.4 is 5.32 Å². The first-order valence-corrected chi connectivity index (χ1v) is 5.62. The molecule has 0 aromatic rings. The van der Waals surface area contributed by atoms with Crippen molar-refractivity contribution in [3.63, 3.8) is 0 Å². The molecule has 1 atom stereocenters. The van der Waals surface area contributed by atoms with Crippen molar-refractivity contribution in [3.8, 4) is 6.07 Å². The molecular weight excluding hydrogens is 176 g/mol. The van der Waals surface area contributed by atoms with Crippen LogP contribution in [-0.2, 0) is 0 Å². The van der Waals surface area contributed by atoms with Gasteiger partial charge in [-0.15, -0.1) is 0 Å². The van der Waals surface area contributed by atoms with Gasteiger partial charge in [-0.3, -0.25) is 0 Å². The second-order valence-electron chi connectivity index (χ2n) is 4.04. The van der Waals surface area contributed by atoms with E-state index in [0.717, 1.165) is 13.0 Å². The Morgan fingerprint density at radius 1 is 1.36 bits per heavy atom. The Morgan fingerprint density at radius 3 is 2.64 bits per heavy atom. The van der Waals surface area contributed by atoms with Gasteiger partial charge in [0.25, 0.3) is 0 Å². The van der Waals surface area contributed by atoms with Gasteiger partial charge < -0.3 is 10.4 Å². The van der Waals surface area contributed by atoms with Crippen LogP contribution in [0.1, 0.15) is 38.5 Å². The molecule has 0 amide bonds. The van der Waals surface area contributed by atoms with Gasteiger partial charge in [0, 0.05) is 6.61 Å². The van der Waals surface area contributed by atoms with E-state index in [-0.39, 0.29) is 12.6 Å². The standard InChI is InChI=1S/C11H20N2O/c12-9-11(13-7-4-8-14)10-5-2-1-3-6-10/h10-11,13-14H,1-8H2. The molecule has 0 aromatic carbocycles. The Balaban J connectivity index is 2.25. The van der Waals surface area contributed by atoms with Crippen LogP contribution >= 0.6 is 0 Å². The van der Waals surface area contributed by atoms with Crippen molar-refractivity contribution in [1.82, 2.24) is 5.32 Å². The SMILES string of the molecule is N#CC(NCCCO)C1CCCCC1. The van der Waals surface area contributed by atoms with Crippen molar-refractivity contribution in [2.24, 2.45) is 5.92 Å². The van der Waals surface area contributed by atoms with Crippen molar-refractivity contribution in [2.45, 2.75) is 44.6 Å². The minimum absolute atomic E-state index is 0.00171. The maximum absolute atomic E-state index is 9.00. The third-order valence-corrected chi connectivity index (χ3v) is 2.96. The van der Waals surface area contributed by atoms with Gasteiger partial charge in [-0.25, -0.2) is 0 Å². The molecule has 1 aliphatic rings. The summed E-state index contributed by atoms with van der Waals surface area (Å²) in [6.45, 7) is 0.959. The highest BCUT2D eigenvalue weighted by atomic mass is 16.3. The first-order chi connectivity index (χ1) is 6.88. The lowest BCUT2D eigenvalue weighted by Gasteiger charge is -2.26. The number of nitrogens with one attached hydrogen (secondary N) is 1. The van der Waals surface area contributed by atoms with Gasteiger partial charge in [-0.1, -0.05) is 19.3 Å². The molecule has 2 N–H and O–H groups in total. The van der Waals surface area contributed by atoms with Crippen molar-refractivity contribution in [3.05, 3.63) is 0 Å². The molecule has 0 bridgehead atoms. The van der Waals surface area contributed by atoms with Gasteiger partial charge in [0.1, 0.15) is 0 Å². The Bertz CT molecular complexity index is 182. The fourth-order valence-corrected chi connectivity index (χ4v) is 2.12. The molecule has 3 heteroatoms. The van der Waals surface area contributed by atoms with Crippen LogP contribution in [0, 0.1) is 17.2 Å². The van der Waals surface area contributed by atoms with Crippen LogP contribution in [0.3, 0.4) is 0 Å². The van der Waals surface area contributed by atoms with E-state index in [9.17, 15) is 0 Å². The van der Waals surface area contributed by atoms with Gasteiger partial charge in [-0.05, 0) is 31.7 Å². The minimum Gasteiger partial charge on any atom is -0.396 e. The van der Waals surface area contributed by atoms with E-state index in [1.807, 2.05) is 0 Å². The molecule has 0 radical (unpaired) electrons. The normalized spacial score (nSPS) is 20.3. The summed E-state index contributed by atoms with van der Waals surface area (Å²) >= 11 is 0. The Morgan fingerprint density at radius 2 is 2.07 bits per heavy atom. The summed E-state index contributed by atoms with van der Waals surface area (Å²) < 4.78 is 0. The highest BCUT2D eigenvalue weighted by Crippen LogP contribution is 2.26. The van der Waals surface area contributed by atoms with Gasteiger partial charge in [0.15, 0.2) is 0 Å². The zero-order valence-corrected chi connectivity index (χ0v) is 8.71. The van der Waals surface area contributed by atoms with Crippen LogP contribution in [0.4, 0.5) is 0 Å². The van der Waals surface area contributed by atoms with Gasteiger partial charge in [0.2, 0.25) is 0 Å². The van der Waals surface area contributed by atoms with E-state index in [4.69, 9.17) is 10.4 Å². The molecule has 0 aromatic heterocycles. The molecule has 1 unspecified atom stereocenters. The Kier molecular flexibility index (Phi) is 5.58. The first-order valence-electron chi connectivity index (χ1n) is 5.62. The lowest BCUT2D eigenvalue weighted by molar-refractivity contribution is 0.270. The third-order valence-electron chi connectivity index (χ3n) is 2.96. The van der Waals surface area contributed by atoms with Crippen LogP contribution in [-0.4, -0.2) is 24.3 Å². The number of hydrogen-bond acceptors (Lipinski definition) is 3. The highest BCUT2D eigenvalue weighted by Gasteiger charge is 2.22. The number of hydrogen-bond donors (Lipinski definition) is 2.